The van der Waals surface area contributed by atoms with Gasteiger partial charge in [0.1, 0.15) is 16.8 Å². The highest BCUT2D eigenvalue weighted by Gasteiger charge is 2.22. The number of aliphatic hydroxyl groups is 1. The minimum absolute atomic E-state index is 0.0506. The molecule has 2 heterocycles. The number of amides is 1. The zero-order chi connectivity index (χ0) is 13.0. The predicted octanol–water partition coefficient (Wildman–Crippen LogP) is 1.50. The number of nitrogens with zero attached hydrogens (tertiary/aromatic N) is 1. The average molecular weight is 270 g/mol. The number of hydrogen-bond acceptors (Lipinski definition) is 5. The first-order chi connectivity index (χ1) is 8.74. The molecule has 18 heavy (non-hydrogen) atoms. The van der Waals surface area contributed by atoms with Gasteiger partial charge in [-0.2, -0.15) is 0 Å². The van der Waals surface area contributed by atoms with Crippen LogP contribution in [0.1, 0.15) is 47.8 Å². The van der Waals surface area contributed by atoms with Gasteiger partial charge in [-0.15, -0.1) is 11.3 Å². The average Bonchev–Trinajstić information content (AvgIpc) is 3.04. The molecule has 2 atom stereocenters. The van der Waals surface area contributed by atoms with Crippen molar-refractivity contribution in [3.8, 4) is 0 Å². The standard InChI is InChI=1S/C12H18N2O3S/c1-2-8(6-15)13-11(16)9-7-18-12(14-9)10-4-3-5-17-10/h7-8,10,15H,2-6H2,1H3,(H,13,16)/t8-,10-/m0/s1. The van der Waals surface area contributed by atoms with Crippen molar-refractivity contribution < 1.29 is 14.6 Å². The molecule has 0 bridgehead atoms. The smallest absolute Gasteiger partial charge is 0.271 e. The first-order valence-corrected chi connectivity index (χ1v) is 7.11. The maximum Gasteiger partial charge on any atom is 0.271 e. The van der Waals surface area contributed by atoms with Crippen LogP contribution in [0.2, 0.25) is 0 Å². The molecule has 1 fully saturated rings. The molecular formula is C12H18N2O3S. The van der Waals surface area contributed by atoms with Gasteiger partial charge in [0, 0.05) is 12.0 Å². The molecule has 1 aliphatic rings. The van der Waals surface area contributed by atoms with Crippen LogP contribution in [0, 0.1) is 0 Å². The second-order valence-electron chi connectivity index (χ2n) is 4.33. The van der Waals surface area contributed by atoms with E-state index >= 15 is 0 Å². The number of carbonyl (C=O) groups is 1. The van der Waals surface area contributed by atoms with Crippen molar-refractivity contribution in [3.63, 3.8) is 0 Å². The van der Waals surface area contributed by atoms with Crippen molar-refractivity contribution in [2.24, 2.45) is 0 Å². The number of rotatable bonds is 5. The molecule has 0 radical (unpaired) electrons. The SMILES string of the molecule is CC[C@@H](CO)NC(=O)c1csc([C@@H]2CCCO2)n1. The number of thiazole rings is 1. The summed E-state index contributed by atoms with van der Waals surface area (Å²) < 4.78 is 5.53. The van der Waals surface area contributed by atoms with Gasteiger partial charge < -0.3 is 15.2 Å². The molecule has 0 unspecified atom stereocenters. The zero-order valence-electron chi connectivity index (χ0n) is 10.4. The number of aromatic nitrogens is 1. The van der Waals surface area contributed by atoms with E-state index < -0.39 is 0 Å². The molecule has 2 N–H and O–H groups in total. The first-order valence-electron chi connectivity index (χ1n) is 6.23. The van der Waals surface area contributed by atoms with Crippen molar-refractivity contribution in [1.82, 2.24) is 10.3 Å². The van der Waals surface area contributed by atoms with E-state index in [2.05, 4.69) is 10.3 Å². The van der Waals surface area contributed by atoms with Crippen LogP contribution in [0.3, 0.4) is 0 Å². The molecule has 0 aromatic carbocycles. The van der Waals surface area contributed by atoms with Gasteiger partial charge in [-0.1, -0.05) is 6.92 Å². The van der Waals surface area contributed by atoms with Gasteiger partial charge in [-0.25, -0.2) is 4.98 Å². The van der Waals surface area contributed by atoms with Crippen LogP contribution < -0.4 is 5.32 Å². The highest BCUT2D eigenvalue weighted by atomic mass is 32.1. The van der Waals surface area contributed by atoms with Gasteiger partial charge in [-0.05, 0) is 19.3 Å². The number of hydrogen-bond donors (Lipinski definition) is 2. The largest absolute Gasteiger partial charge is 0.394 e. The van der Waals surface area contributed by atoms with Crippen molar-refractivity contribution in [1.29, 1.82) is 0 Å². The lowest BCUT2D eigenvalue weighted by Crippen LogP contribution is -2.37. The molecule has 1 saturated heterocycles. The normalized spacial score (nSPS) is 20.9. The van der Waals surface area contributed by atoms with E-state index in [1.165, 1.54) is 11.3 Å². The van der Waals surface area contributed by atoms with Crippen LogP contribution in [0.4, 0.5) is 0 Å². The van der Waals surface area contributed by atoms with Gasteiger partial charge in [0.05, 0.1) is 12.6 Å². The van der Waals surface area contributed by atoms with Crippen molar-refractivity contribution >= 4 is 17.2 Å². The number of ether oxygens (including phenoxy) is 1. The van der Waals surface area contributed by atoms with Crippen LogP contribution in [0.5, 0.6) is 0 Å². The predicted molar refractivity (Wildman–Crippen MR) is 68.7 cm³/mol. The summed E-state index contributed by atoms with van der Waals surface area (Å²) in [6, 6.07) is -0.203. The monoisotopic (exact) mass is 270 g/mol. The Morgan fingerprint density at radius 2 is 2.61 bits per heavy atom. The Balaban J connectivity index is 1.98. The second-order valence-corrected chi connectivity index (χ2v) is 5.22. The third-order valence-electron chi connectivity index (χ3n) is 3.01. The van der Waals surface area contributed by atoms with E-state index in [0.29, 0.717) is 12.1 Å². The first kappa shape index (κ1) is 13.5. The molecule has 1 aromatic rings. The lowest BCUT2D eigenvalue weighted by Gasteiger charge is -2.12. The second kappa shape index (κ2) is 6.26. The maximum atomic E-state index is 11.9. The van der Waals surface area contributed by atoms with E-state index in [4.69, 9.17) is 9.84 Å². The van der Waals surface area contributed by atoms with E-state index in [1.807, 2.05) is 6.92 Å². The number of carbonyl (C=O) groups excluding carboxylic acids is 1. The molecule has 6 heteroatoms. The summed E-state index contributed by atoms with van der Waals surface area (Å²) in [6.07, 6.45) is 2.78. The summed E-state index contributed by atoms with van der Waals surface area (Å²) in [6.45, 7) is 2.64. The fourth-order valence-corrected chi connectivity index (χ4v) is 2.73. The summed E-state index contributed by atoms with van der Waals surface area (Å²) in [4.78, 5) is 16.2. The Morgan fingerprint density at radius 1 is 1.78 bits per heavy atom. The third kappa shape index (κ3) is 3.07. The van der Waals surface area contributed by atoms with Crippen LogP contribution in [0.15, 0.2) is 5.38 Å². The van der Waals surface area contributed by atoms with Crippen LogP contribution in [0.25, 0.3) is 0 Å². The minimum atomic E-state index is -0.226. The lowest BCUT2D eigenvalue weighted by molar-refractivity contribution is 0.0908. The van der Waals surface area contributed by atoms with Gasteiger partial charge in [-0.3, -0.25) is 4.79 Å². The Kier molecular flexibility index (Phi) is 4.68. The Morgan fingerprint density at radius 3 is 3.22 bits per heavy atom. The highest BCUT2D eigenvalue weighted by molar-refractivity contribution is 7.09. The quantitative estimate of drug-likeness (QED) is 0.850. The fourth-order valence-electron chi connectivity index (χ4n) is 1.85. The molecule has 5 nitrogen and oxygen atoms in total. The van der Waals surface area contributed by atoms with E-state index in [-0.39, 0.29) is 24.7 Å². The molecule has 2 rings (SSSR count). The highest BCUT2D eigenvalue weighted by Crippen LogP contribution is 2.30. The van der Waals surface area contributed by atoms with Crippen LogP contribution in [-0.4, -0.2) is 35.3 Å². The lowest BCUT2D eigenvalue weighted by atomic mass is 10.2. The molecule has 100 valence electrons. The fraction of sp³-hybridized carbons (Fsp3) is 0.667. The Bertz CT molecular complexity index is 398. The van der Waals surface area contributed by atoms with Crippen molar-refractivity contribution in [2.45, 2.75) is 38.3 Å². The molecule has 1 aliphatic heterocycles. The third-order valence-corrected chi connectivity index (χ3v) is 3.94. The molecule has 1 aromatic heterocycles. The van der Waals surface area contributed by atoms with E-state index in [9.17, 15) is 4.79 Å². The summed E-state index contributed by atoms with van der Waals surface area (Å²) >= 11 is 1.46. The van der Waals surface area contributed by atoms with Crippen LogP contribution in [-0.2, 0) is 4.74 Å². The topological polar surface area (TPSA) is 71.5 Å². The maximum absolute atomic E-state index is 11.9. The Hall–Kier alpha value is -0.980. The molecule has 0 aliphatic carbocycles. The summed E-state index contributed by atoms with van der Waals surface area (Å²) in [5.41, 5.74) is 0.414. The molecular weight excluding hydrogens is 252 g/mol. The van der Waals surface area contributed by atoms with Gasteiger partial charge in [0.15, 0.2) is 0 Å². The van der Waals surface area contributed by atoms with E-state index in [1.54, 1.807) is 5.38 Å². The van der Waals surface area contributed by atoms with Gasteiger partial charge in [0.2, 0.25) is 0 Å². The minimum Gasteiger partial charge on any atom is -0.394 e. The number of aliphatic hydroxyl groups excluding tert-OH is 1. The summed E-state index contributed by atoms with van der Waals surface area (Å²) in [7, 11) is 0. The van der Waals surface area contributed by atoms with Crippen molar-refractivity contribution in [2.75, 3.05) is 13.2 Å². The molecule has 0 saturated carbocycles. The van der Waals surface area contributed by atoms with Crippen molar-refractivity contribution in [3.05, 3.63) is 16.1 Å². The number of nitrogens with one attached hydrogen (secondary N) is 1. The summed E-state index contributed by atoms with van der Waals surface area (Å²) in [5, 5.41) is 14.4. The zero-order valence-corrected chi connectivity index (χ0v) is 11.2. The molecule has 0 spiro atoms. The summed E-state index contributed by atoms with van der Waals surface area (Å²) in [5.74, 6) is -0.226. The van der Waals surface area contributed by atoms with Gasteiger partial charge >= 0.3 is 0 Å². The van der Waals surface area contributed by atoms with E-state index in [0.717, 1.165) is 24.5 Å². The molecule has 1 amide bonds. The van der Waals surface area contributed by atoms with Gasteiger partial charge in [0.25, 0.3) is 5.91 Å². The Labute approximate surface area is 110 Å². The van der Waals surface area contributed by atoms with Crippen LogP contribution >= 0.6 is 11.3 Å².